The second-order valence-corrected chi connectivity index (χ2v) is 8.43. The Bertz CT molecular complexity index is 1100. The molecular weight excluding hydrogens is 362 g/mol. The molecular formula is C20H19N3OS2. The molecule has 4 aromatic rings. The molecule has 26 heavy (non-hydrogen) atoms. The normalized spacial score (nSPS) is 11.4. The van der Waals surface area contributed by atoms with Gasteiger partial charge in [-0.15, -0.1) is 11.3 Å². The van der Waals surface area contributed by atoms with Gasteiger partial charge in [-0.1, -0.05) is 36.4 Å². The summed E-state index contributed by atoms with van der Waals surface area (Å²) in [5, 5.41) is 1.84. The third-order valence-corrected chi connectivity index (χ3v) is 5.86. The van der Waals surface area contributed by atoms with Crippen LogP contribution in [0.25, 0.3) is 20.4 Å². The SMILES string of the molecule is CCSc1nc(Oc2ccc(C)cc2)c2sc3nc(C)cc(C)c3c2n1. The van der Waals surface area contributed by atoms with Crippen LogP contribution in [0.4, 0.5) is 0 Å². The van der Waals surface area contributed by atoms with Crippen LogP contribution in [0.2, 0.25) is 0 Å². The van der Waals surface area contributed by atoms with Crippen LogP contribution in [0.5, 0.6) is 11.6 Å². The van der Waals surface area contributed by atoms with E-state index in [1.54, 1.807) is 23.1 Å². The molecule has 0 spiro atoms. The number of nitrogens with zero attached hydrogens (tertiary/aromatic N) is 3. The smallest absolute Gasteiger partial charge is 0.241 e. The van der Waals surface area contributed by atoms with E-state index in [1.807, 2.05) is 31.2 Å². The first-order valence-electron chi connectivity index (χ1n) is 8.51. The Morgan fingerprint density at radius 1 is 1.04 bits per heavy atom. The fraction of sp³-hybridized carbons (Fsp3) is 0.250. The number of pyridine rings is 1. The third-order valence-electron chi connectivity index (χ3n) is 4.07. The zero-order valence-electron chi connectivity index (χ0n) is 15.2. The molecule has 1 aromatic carbocycles. The van der Waals surface area contributed by atoms with Crippen LogP contribution < -0.4 is 4.74 Å². The highest BCUT2D eigenvalue weighted by molar-refractivity contribution is 7.99. The lowest BCUT2D eigenvalue weighted by Crippen LogP contribution is -1.94. The number of rotatable bonds is 4. The van der Waals surface area contributed by atoms with Crippen LogP contribution in [0.3, 0.4) is 0 Å². The van der Waals surface area contributed by atoms with Gasteiger partial charge >= 0.3 is 0 Å². The maximum absolute atomic E-state index is 6.15. The van der Waals surface area contributed by atoms with E-state index < -0.39 is 0 Å². The van der Waals surface area contributed by atoms with Gasteiger partial charge in [0.25, 0.3) is 0 Å². The monoisotopic (exact) mass is 381 g/mol. The van der Waals surface area contributed by atoms with Crippen LogP contribution in [0.15, 0.2) is 35.5 Å². The highest BCUT2D eigenvalue weighted by Gasteiger charge is 2.18. The van der Waals surface area contributed by atoms with Crippen LogP contribution in [-0.2, 0) is 0 Å². The average Bonchev–Trinajstić information content (AvgIpc) is 2.96. The first-order chi connectivity index (χ1) is 12.5. The quantitative estimate of drug-likeness (QED) is 0.317. The minimum absolute atomic E-state index is 0.606. The van der Waals surface area contributed by atoms with E-state index in [4.69, 9.17) is 14.7 Å². The molecule has 4 nitrogen and oxygen atoms in total. The highest BCUT2D eigenvalue weighted by atomic mass is 32.2. The maximum atomic E-state index is 6.15. The molecule has 0 radical (unpaired) electrons. The maximum Gasteiger partial charge on any atom is 0.241 e. The summed E-state index contributed by atoms with van der Waals surface area (Å²) in [5.41, 5.74) is 4.33. The Hall–Kier alpha value is -2.18. The molecule has 0 aliphatic carbocycles. The Morgan fingerprint density at radius 3 is 2.54 bits per heavy atom. The van der Waals surface area contributed by atoms with Gasteiger partial charge in [0.1, 0.15) is 15.3 Å². The van der Waals surface area contributed by atoms with Gasteiger partial charge in [-0.2, -0.15) is 4.98 Å². The van der Waals surface area contributed by atoms with Gasteiger partial charge in [-0.3, -0.25) is 0 Å². The summed E-state index contributed by atoms with van der Waals surface area (Å²) < 4.78 is 7.10. The number of thioether (sulfide) groups is 1. The van der Waals surface area contributed by atoms with E-state index in [0.29, 0.717) is 5.88 Å². The largest absolute Gasteiger partial charge is 0.437 e. The molecule has 0 saturated carbocycles. The molecule has 4 rings (SSSR count). The zero-order valence-corrected chi connectivity index (χ0v) is 16.8. The molecule has 0 aliphatic heterocycles. The first-order valence-corrected chi connectivity index (χ1v) is 10.3. The highest BCUT2D eigenvalue weighted by Crippen LogP contribution is 2.40. The molecule has 0 fully saturated rings. The number of hydrogen-bond donors (Lipinski definition) is 0. The van der Waals surface area contributed by atoms with Gasteiger partial charge in [-0.25, -0.2) is 9.97 Å². The van der Waals surface area contributed by atoms with Crippen molar-refractivity contribution in [1.82, 2.24) is 15.0 Å². The van der Waals surface area contributed by atoms with Gasteiger partial charge in [0.15, 0.2) is 5.16 Å². The third kappa shape index (κ3) is 3.15. The van der Waals surface area contributed by atoms with Crippen molar-refractivity contribution in [3.8, 4) is 11.6 Å². The van der Waals surface area contributed by atoms with Crippen molar-refractivity contribution in [3.63, 3.8) is 0 Å². The van der Waals surface area contributed by atoms with E-state index in [2.05, 4.69) is 31.8 Å². The van der Waals surface area contributed by atoms with Crippen LogP contribution in [-0.4, -0.2) is 20.7 Å². The Balaban J connectivity index is 1.94. The fourth-order valence-electron chi connectivity index (χ4n) is 2.91. The van der Waals surface area contributed by atoms with Gasteiger partial charge in [0, 0.05) is 11.1 Å². The first kappa shape index (κ1) is 17.2. The van der Waals surface area contributed by atoms with Crippen molar-refractivity contribution in [3.05, 3.63) is 47.2 Å². The van der Waals surface area contributed by atoms with Crippen molar-refractivity contribution >= 4 is 43.5 Å². The molecule has 0 N–H and O–H groups in total. The number of hydrogen-bond acceptors (Lipinski definition) is 6. The van der Waals surface area contributed by atoms with E-state index in [1.165, 1.54) is 11.1 Å². The van der Waals surface area contributed by atoms with E-state index in [9.17, 15) is 0 Å². The van der Waals surface area contributed by atoms with E-state index >= 15 is 0 Å². The van der Waals surface area contributed by atoms with Crippen molar-refractivity contribution in [1.29, 1.82) is 0 Å². The Labute approximate surface area is 160 Å². The summed E-state index contributed by atoms with van der Waals surface area (Å²) in [4.78, 5) is 15.2. The summed E-state index contributed by atoms with van der Waals surface area (Å²) in [6.07, 6.45) is 0. The van der Waals surface area contributed by atoms with Crippen molar-refractivity contribution in [2.24, 2.45) is 0 Å². The minimum atomic E-state index is 0.606. The summed E-state index contributed by atoms with van der Waals surface area (Å²) in [6.45, 7) is 8.29. The topological polar surface area (TPSA) is 47.9 Å². The number of aryl methyl sites for hydroxylation is 3. The van der Waals surface area contributed by atoms with Crippen LogP contribution >= 0.6 is 23.1 Å². The Morgan fingerprint density at radius 2 is 1.81 bits per heavy atom. The van der Waals surface area contributed by atoms with Crippen molar-refractivity contribution < 1.29 is 4.74 Å². The lowest BCUT2D eigenvalue weighted by Gasteiger charge is -2.08. The molecule has 0 atom stereocenters. The number of thiophene rings is 1. The summed E-state index contributed by atoms with van der Waals surface area (Å²) in [5.74, 6) is 2.30. The molecule has 3 aromatic heterocycles. The van der Waals surface area contributed by atoms with Crippen LogP contribution in [0.1, 0.15) is 23.7 Å². The molecule has 0 saturated heterocycles. The molecule has 132 valence electrons. The lowest BCUT2D eigenvalue weighted by molar-refractivity contribution is 0.463. The Kier molecular flexibility index (Phi) is 4.54. The van der Waals surface area contributed by atoms with Crippen LogP contribution in [0, 0.1) is 20.8 Å². The summed E-state index contributed by atoms with van der Waals surface area (Å²) in [7, 11) is 0. The standard InChI is InChI=1S/C20H19N3OS2/c1-5-25-20-22-16-15-12(3)10-13(4)21-19(15)26-17(16)18(23-20)24-14-8-6-11(2)7-9-14/h6-10H,5H2,1-4H3. The van der Waals surface area contributed by atoms with Crippen molar-refractivity contribution in [2.75, 3.05) is 5.75 Å². The molecule has 6 heteroatoms. The predicted octanol–water partition coefficient (Wildman–Crippen LogP) is 6.07. The molecule has 0 aliphatic rings. The average molecular weight is 382 g/mol. The number of aromatic nitrogens is 3. The second-order valence-electron chi connectivity index (χ2n) is 6.20. The molecule has 0 unspecified atom stereocenters. The molecule has 0 amide bonds. The van der Waals surface area contributed by atoms with Gasteiger partial charge in [-0.05, 0) is 50.3 Å². The zero-order chi connectivity index (χ0) is 18.3. The predicted molar refractivity (Wildman–Crippen MR) is 110 cm³/mol. The lowest BCUT2D eigenvalue weighted by atomic mass is 10.1. The molecule has 3 heterocycles. The van der Waals surface area contributed by atoms with Crippen molar-refractivity contribution in [2.45, 2.75) is 32.9 Å². The fourth-order valence-corrected chi connectivity index (χ4v) is 4.64. The van der Waals surface area contributed by atoms with E-state index in [0.717, 1.165) is 42.8 Å². The summed E-state index contributed by atoms with van der Waals surface area (Å²) in [6, 6.07) is 10.1. The van der Waals surface area contributed by atoms with Gasteiger partial charge in [0.05, 0.1) is 5.52 Å². The number of fused-ring (bicyclic) bond motifs is 3. The van der Waals surface area contributed by atoms with Gasteiger partial charge in [0.2, 0.25) is 5.88 Å². The summed E-state index contributed by atoms with van der Waals surface area (Å²) >= 11 is 3.22. The van der Waals surface area contributed by atoms with Gasteiger partial charge < -0.3 is 4.74 Å². The van der Waals surface area contributed by atoms with E-state index in [-0.39, 0.29) is 0 Å². The minimum Gasteiger partial charge on any atom is -0.437 e. The molecule has 0 bridgehead atoms. The number of benzene rings is 1. The number of ether oxygens (including phenoxy) is 1. The second kappa shape index (κ2) is 6.85.